The second kappa shape index (κ2) is 6.19. The van der Waals surface area contributed by atoms with Crippen molar-refractivity contribution < 1.29 is 0 Å². The third kappa shape index (κ3) is 3.45. The minimum Gasteiger partial charge on any atom is -0.329 e. The van der Waals surface area contributed by atoms with Gasteiger partial charge in [0.1, 0.15) is 0 Å². The van der Waals surface area contributed by atoms with Crippen molar-refractivity contribution in [2.75, 3.05) is 13.6 Å². The second-order valence-corrected chi connectivity index (χ2v) is 6.57. The summed E-state index contributed by atoms with van der Waals surface area (Å²) in [5, 5.41) is 0. The van der Waals surface area contributed by atoms with Gasteiger partial charge >= 0.3 is 0 Å². The van der Waals surface area contributed by atoms with Crippen molar-refractivity contribution in [1.29, 1.82) is 0 Å². The van der Waals surface area contributed by atoms with E-state index in [1.54, 1.807) is 0 Å². The molecule has 0 aliphatic heterocycles. The smallest absolute Gasteiger partial charge is 0.0331 e. The normalized spacial score (nSPS) is 31.2. The van der Waals surface area contributed by atoms with Gasteiger partial charge < -0.3 is 5.73 Å². The molecule has 1 fully saturated rings. The van der Waals surface area contributed by atoms with Crippen LogP contribution >= 0.6 is 0 Å². The van der Waals surface area contributed by atoms with E-state index in [4.69, 9.17) is 5.73 Å². The lowest BCUT2D eigenvalue weighted by atomic mass is 9.85. The summed E-state index contributed by atoms with van der Waals surface area (Å²) in [5.74, 6) is 1.73. The summed E-state index contributed by atoms with van der Waals surface area (Å²) in [6.45, 7) is 10.1. The van der Waals surface area contributed by atoms with Gasteiger partial charge in [-0.25, -0.2) is 0 Å². The Morgan fingerprint density at radius 3 is 2.29 bits per heavy atom. The van der Waals surface area contributed by atoms with Crippen LogP contribution in [0.5, 0.6) is 0 Å². The van der Waals surface area contributed by atoms with Gasteiger partial charge in [0, 0.05) is 18.1 Å². The topological polar surface area (TPSA) is 29.3 Å². The molecule has 0 aromatic carbocycles. The fourth-order valence-electron chi connectivity index (χ4n) is 3.33. The Morgan fingerprint density at radius 1 is 1.18 bits per heavy atom. The van der Waals surface area contributed by atoms with Gasteiger partial charge in [-0.05, 0) is 52.0 Å². The first-order chi connectivity index (χ1) is 7.93. The first kappa shape index (κ1) is 15.0. The van der Waals surface area contributed by atoms with Gasteiger partial charge in [0.25, 0.3) is 0 Å². The lowest BCUT2D eigenvalue weighted by Crippen LogP contribution is -2.54. The zero-order valence-electron chi connectivity index (χ0n) is 12.5. The van der Waals surface area contributed by atoms with Crippen LogP contribution in [0.3, 0.4) is 0 Å². The summed E-state index contributed by atoms with van der Waals surface area (Å²) >= 11 is 0. The Labute approximate surface area is 108 Å². The maximum absolute atomic E-state index is 6.13. The van der Waals surface area contributed by atoms with E-state index >= 15 is 0 Å². The predicted octanol–water partition coefficient (Wildman–Crippen LogP) is 3.26. The molecule has 0 radical (unpaired) electrons. The molecule has 0 spiro atoms. The summed E-state index contributed by atoms with van der Waals surface area (Å²) in [5.41, 5.74) is 6.39. The molecule has 1 saturated carbocycles. The lowest BCUT2D eigenvalue weighted by molar-refractivity contribution is 0.0750. The van der Waals surface area contributed by atoms with Crippen LogP contribution in [0.15, 0.2) is 0 Å². The standard InChI is InChI=1S/C15H32N2/c1-12(2)14-7-6-9-15(11-16,10-8-14)17(5)13(3)4/h12-14H,6-11,16H2,1-5H3. The summed E-state index contributed by atoms with van der Waals surface area (Å²) in [6.07, 6.45) is 6.65. The summed E-state index contributed by atoms with van der Waals surface area (Å²) in [6, 6.07) is 0.592. The number of likely N-dealkylation sites (N-methyl/N-ethyl adjacent to an activating group) is 1. The summed E-state index contributed by atoms with van der Waals surface area (Å²) in [4.78, 5) is 2.52. The van der Waals surface area contributed by atoms with Crippen LogP contribution in [0.2, 0.25) is 0 Å². The van der Waals surface area contributed by atoms with Crippen molar-refractivity contribution in [3.63, 3.8) is 0 Å². The molecule has 2 N–H and O–H groups in total. The van der Waals surface area contributed by atoms with E-state index in [0.29, 0.717) is 6.04 Å². The molecule has 0 bridgehead atoms. The molecule has 1 rings (SSSR count). The third-order valence-corrected chi connectivity index (χ3v) is 5.04. The molecule has 0 saturated heterocycles. The molecule has 0 aromatic heterocycles. The highest BCUT2D eigenvalue weighted by Crippen LogP contribution is 2.37. The summed E-state index contributed by atoms with van der Waals surface area (Å²) < 4.78 is 0. The molecule has 2 nitrogen and oxygen atoms in total. The highest BCUT2D eigenvalue weighted by molar-refractivity contribution is 4.94. The average Bonchev–Trinajstić information content (AvgIpc) is 2.51. The quantitative estimate of drug-likeness (QED) is 0.764. The molecule has 102 valence electrons. The fourth-order valence-corrected chi connectivity index (χ4v) is 3.33. The monoisotopic (exact) mass is 240 g/mol. The van der Waals surface area contributed by atoms with Crippen molar-refractivity contribution in [3.05, 3.63) is 0 Å². The number of hydrogen-bond acceptors (Lipinski definition) is 2. The van der Waals surface area contributed by atoms with E-state index in [2.05, 4.69) is 39.6 Å². The van der Waals surface area contributed by atoms with Crippen molar-refractivity contribution >= 4 is 0 Å². The number of hydrogen-bond donors (Lipinski definition) is 1. The Kier molecular flexibility index (Phi) is 5.46. The molecule has 0 heterocycles. The van der Waals surface area contributed by atoms with Crippen molar-refractivity contribution in [1.82, 2.24) is 4.90 Å². The van der Waals surface area contributed by atoms with Crippen LogP contribution in [0.1, 0.15) is 59.8 Å². The van der Waals surface area contributed by atoms with Gasteiger partial charge in [0.05, 0.1) is 0 Å². The first-order valence-corrected chi connectivity index (χ1v) is 7.36. The van der Waals surface area contributed by atoms with Gasteiger partial charge in [-0.15, -0.1) is 0 Å². The van der Waals surface area contributed by atoms with Crippen LogP contribution in [0.25, 0.3) is 0 Å². The van der Waals surface area contributed by atoms with E-state index in [1.165, 1.54) is 32.1 Å². The van der Waals surface area contributed by atoms with Crippen LogP contribution in [0, 0.1) is 11.8 Å². The molecular formula is C15H32N2. The SMILES string of the molecule is CC(C)C1CCCC(CN)(N(C)C(C)C)CC1. The average molecular weight is 240 g/mol. The third-order valence-electron chi connectivity index (χ3n) is 5.04. The molecule has 17 heavy (non-hydrogen) atoms. The molecule has 0 amide bonds. The Morgan fingerprint density at radius 2 is 1.82 bits per heavy atom. The fraction of sp³-hybridized carbons (Fsp3) is 1.00. The van der Waals surface area contributed by atoms with Crippen LogP contribution < -0.4 is 5.73 Å². The Hall–Kier alpha value is -0.0800. The van der Waals surface area contributed by atoms with Crippen molar-refractivity contribution in [2.24, 2.45) is 17.6 Å². The number of rotatable bonds is 4. The minimum absolute atomic E-state index is 0.262. The molecule has 0 aromatic rings. The minimum atomic E-state index is 0.262. The molecular weight excluding hydrogens is 208 g/mol. The zero-order chi connectivity index (χ0) is 13.1. The molecule has 1 aliphatic rings. The van der Waals surface area contributed by atoms with Crippen molar-refractivity contribution in [3.8, 4) is 0 Å². The highest BCUT2D eigenvalue weighted by Gasteiger charge is 2.36. The van der Waals surface area contributed by atoms with Gasteiger partial charge in [-0.1, -0.05) is 26.7 Å². The molecule has 1 aliphatic carbocycles. The van der Waals surface area contributed by atoms with E-state index in [0.717, 1.165) is 18.4 Å². The van der Waals surface area contributed by atoms with Crippen molar-refractivity contribution in [2.45, 2.75) is 71.4 Å². The number of nitrogens with two attached hydrogens (primary N) is 1. The molecule has 2 atom stereocenters. The van der Waals surface area contributed by atoms with E-state index < -0.39 is 0 Å². The number of nitrogens with zero attached hydrogens (tertiary/aromatic N) is 1. The van der Waals surface area contributed by atoms with Crippen LogP contribution in [-0.2, 0) is 0 Å². The van der Waals surface area contributed by atoms with E-state index in [9.17, 15) is 0 Å². The van der Waals surface area contributed by atoms with E-state index in [1.807, 2.05) is 0 Å². The largest absolute Gasteiger partial charge is 0.329 e. The van der Waals surface area contributed by atoms with Crippen LogP contribution in [-0.4, -0.2) is 30.1 Å². The van der Waals surface area contributed by atoms with E-state index in [-0.39, 0.29) is 5.54 Å². The lowest BCUT2D eigenvalue weighted by Gasteiger charge is -2.43. The molecule has 2 unspecified atom stereocenters. The summed E-state index contributed by atoms with van der Waals surface area (Å²) in [7, 11) is 2.26. The van der Waals surface area contributed by atoms with Gasteiger partial charge in [0.2, 0.25) is 0 Å². The Bertz CT molecular complexity index is 225. The molecule has 2 heteroatoms. The Balaban J connectivity index is 2.74. The highest BCUT2D eigenvalue weighted by atomic mass is 15.2. The van der Waals surface area contributed by atoms with Gasteiger partial charge in [-0.2, -0.15) is 0 Å². The maximum Gasteiger partial charge on any atom is 0.0331 e. The van der Waals surface area contributed by atoms with Gasteiger partial charge in [-0.3, -0.25) is 4.90 Å². The second-order valence-electron chi connectivity index (χ2n) is 6.57. The first-order valence-electron chi connectivity index (χ1n) is 7.36. The van der Waals surface area contributed by atoms with Crippen LogP contribution in [0.4, 0.5) is 0 Å². The zero-order valence-corrected chi connectivity index (χ0v) is 12.5. The van der Waals surface area contributed by atoms with Gasteiger partial charge in [0.15, 0.2) is 0 Å². The predicted molar refractivity (Wildman–Crippen MR) is 76.1 cm³/mol. The maximum atomic E-state index is 6.13.